The second-order valence-electron chi connectivity index (χ2n) is 17.8. The Morgan fingerprint density at radius 2 is 1.53 bits per heavy atom. The summed E-state index contributed by atoms with van der Waals surface area (Å²) >= 11 is 0. The Bertz CT molecular complexity index is 1790. The van der Waals surface area contributed by atoms with Gasteiger partial charge in [-0.3, -0.25) is 33.7 Å². The van der Waals surface area contributed by atoms with E-state index in [2.05, 4.69) is 20.8 Å². The molecule has 4 atom stereocenters. The van der Waals surface area contributed by atoms with Gasteiger partial charge in [0, 0.05) is 49.6 Å². The number of Topliss-reactive ketones (excluding diaryl/α,β-unsaturated/α-hetero) is 1. The number of carbonyl (C=O) groups is 7. The van der Waals surface area contributed by atoms with E-state index in [0.717, 1.165) is 10.5 Å². The number of carbonyl (C=O) groups excluding carboxylic acids is 7. The zero-order valence-electron chi connectivity index (χ0n) is 36.6. The number of benzene rings is 1. The summed E-state index contributed by atoms with van der Waals surface area (Å²) in [6, 6.07) is 3.62. The second kappa shape index (κ2) is 20.5. The number of nitrogens with zero attached hydrogens (tertiary/aromatic N) is 3. The van der Waals surface area contributed by atoms with E-state index in [1.807, 2.05) is 54.5 Å². The van der Waals surface area contributed by atoms with Crippen molar-refractivity contribution in [1.82, 2.24) is 25.8 Å². The fourth-order valence-electron chi connectivity index (χ4n) is 6.68. The maximum absolute atomic E-state index is 14.4. The maximum atomic E-state index is 14.4. The average molecular weight is 805 g/mol. The Morgan fingerprint density at radius 1 is 0.931 bits per heavy atom. The van der Waals surface area contributed by atoms with Crippen LogP contribution >= 0.6 is 0 Å². The van der Waals surface area contributed by atoms with Gasteiger partial charge in [0.05, 0.1) is 18.7 Å². The molecule has 0 spiro atoms. The Labute approximate surface area is 344 Å². The highest BCUT2D eigenvalue weighted by molar-refractivity contribution is 6.12. The van der Waals surface area contributed by atoms with Gasteiger partial charge in [-0.05, 0) is 58.9 Å². The van der Waals surface area contributed by atoms with E-state index < -0.39 is 70.2 Å². The molecule has 2 rings (SSSR count). The SMILES string of the molecule is [C-]#[N+]c1cccc(C(C)(C)[C@H](NC)C(=O)N[C@H](C(=O)N(C)[C@H](/C=C(\C)C(=O)N[C@H](CCC(=O)CCCN2C(=O)C=CC2=O)C(=O)OC(C)(C)C)C(C)C)C(C)(C)C)c1. The predicted octanol–water partition coefficient (Wildman–Crippen LogP) is 4.94. The first-order valence-corrected chi connectivity index (χ1v) is 19.7. The molecule has 318 valence electrons. The average Bonchev–Trinajstić information content (AvgIpc) is 3.44. The number of nitrogens with one attached hydrogen (secondary N) is 3. The van der Waals surface area contributed by atoms with Gasteiger partial charge in [-0.15, -0.1) is 0 Å². The molecule has 1 aromatic carbocycles. The van der Waals surface area contributed by atoms with Crippen molar-refractivity contribution in [2.45, 2.75) is 137 Å². The van der Waals surface area contributed by atoms with Crippen molar-refractivity contribution in [1.29, 1.82) is 0 Å². The lowest BCUT2D eigenvalue weighted by Crippen LogP contribution is -2.61. The first kappa shape index (κ1) is 49.0. The number of hydrogen-bond acceptors (Lipinski definition) is 9. The topological polar surface area (TPSA) is 176 Å². The van der Waals surface area contributed by atoms with Crippen molar-refractivity contribution < 1.29 is 38.3 Å². The summed E-state index contributed by atoms with van der Waals surface area (Å²) in [6.45, 7) is 27.4. The highest BCUT2D eigenvalue weighted by Gasteiger charge is 2.42. The van der Waals surface area contributed by atoms with Gasteiger partial charge in [0.2, 0.25) is 17.7 Å². The number of hydrogen-bond donors (Lipinski definition) is 3. The molecule has 58 heavy (non-hydrogen) atoms. The summed E-state index contributed by atoms with van der Waals surface area (Å²) in [4.78, 5) is 97.8. The van der Waals surface area contributed by atoms with E-state index in [1.165, 1.54) is 17.1 Å². The van der Waals surface area contributed by atoms with Gasteiger partial charge in [-0.25, -0.2) is 9.64 Å². The summed E-state index contributed by atoms with van der Waals surface area (Å²) < 4.78 is 5.57. The largest absolute Gasteiger partial charge is 0.458 e. The minimum Gasteiger partial charge on any atom is -0.458 e. The number of likely N-dealkylation sites (N-methyl/N-ethyl adjacent to an activating group) is 2. The van der Waals surface area contributed by atoms with Crippen LogP contribution in [0.5, 0.6) is 0 Å². The van der Waals surface area contributed by atoms with Gasteiger partial charge in [0.1, 0.15) is 23.5 Å². The van der Waals surface area contributed by atoms with Gasteiger partial charge < -0.3 is 25.6 Å². The van der Waals surface area contributed by atoms with Crippen LogP contribution in [0.1, 0.15) is 107 Å². The summed E-state index contributed by atoms with van der Waals surface area (Å²) in [7, 11) is 3.29. The number of ketones is 1. The molecule has 1 aromatic rings. The third-order valence-corrected chi connectivity index (χ3v) is 10.1. The molecule has 5 amide bonds. The quantitative estimate of drug-likeness (QED) is 0.0757. The second-order valence-corrected chi connectivity index (χ2v) is 17.8. The molecule has 0 unspecified atom stereocenters. The van der Waals surface area contributed by atoms with Crippen LogP contribution < -0.4 is 16.0 Å². The van der Waals surface area contributed by atoms with Gasteiger partial charge >= 0.3 is 5.97 Å². The van der Waals surface area contributed by atoms with E-state index in [1.54, 1.807) is 66.1 Å². The minimum atomic E-state index is -1.16. The fourth-order valence-corrected chi connectivity index (χ4v) is 6.68. The lowest BCUT2D eigenvalue weighted by atomic mass is 9.76. The van der Waals surface area contributed by atoms with Gasteiger partial charge in [-0.1, -0.05) is 84.4 Å². The van der Waals surface area contributed by atoms with Crippen molar-refractivity contribution in [3.8, 4) is 0 Å². The van der Waals surface area contributed by atoms with E-state index in [9.17, 15) is 33.6 Å². The zero-order chi connectivity index (χ0) is 44.3. The highest BCUT2D eigenvalue weighted by atomic mass is 16.6. The first-order valence-electron chi connectivity index (χ1n) is 19.7. The Hall–Kier alpha value is -5.16. The molecule has 14 nitrogen and oxygen atoms in total. The first-order chi connectivity index (χ1) is 26.7. The molecule has 0 aromatic heterocycles. The Morgan fingerprint density at radius 3 is 2.05 bits per heavy atom. The van der Waals surface area contributed by atoms with Crippen LogP contribution in [0.3, 0.4) is 0 Å². The molecule has 1 aliphatic heterocycles. The molecule has 0 aliphatic carbocycles. The van der Waals surface area contributed by atoms with Crippen LogP contribution in [-0.2, 0) is 43.7 Å². The molecule has 0 fully saturated rings. The van der Waals surface area contributed by atoms with E-state index in [0.29, 0.717) is 5.69 Å². The standard InChI is InChI=1S/C44H64N6O8/c1-27(2)33(49(14)40(56)37(42(4,5)6)48-39(55)36(46-13)44(10,11)29-17-15-18-30(26-29)45-12)25-28(3)38(54)47-32(41(57)58-43(7,8)9)21-20-31(51)19-16-24-50-34(52)22-23-35(50)53/h15,17-18,22-23,25-27,32-33,36-37,46H,16,19-21,24H2,1-11,13-14H3,(H,47,54)(H,48,55)/b28-25+/t32-,33-,36-,37-/m1/s1. The lowest BCUT2D eigenvalue weighted by Gasteiger charge is -2.40. The van der Waals surface area contributed by atoms with Crippen molar-refractivity contribution in [2.75, 3.05) is 20.6 Å². The van der Waals surface area contributed by atoms with Crippen LogP contribution in [0.15, 0.2) is 48.1 Å². The third-order valence-electron chi connectivity index (χ3n) is 10.1. The van der Waals surface area contributed by atoms with E-state index in [4.69, 9.17) is 11.3 Å². The van der Waals surface area contributed by atoms with Gasteiger partial charge in [0.15, 0.2) is 5.69 Å². The number of imide groups is 1. The molecule has 1 heterocycles. The van der Waals surface area contributed by atoms with Crippen LogP contribution in [0, 0.1) is 17.9 Å². The number of amides is 5. The number of esters is 1. The molecule has 3 N–H and O–H groups in total. The smallest absolute Gasteiger partial charge is 0.329 e. The zero-order valence-corrected chi connectivity index (χ0v) is 36.6. The van der Waals surface area contributed by atoms with Crippen LogP contribution in [-0.4, -0.2) is 101 Å². The molecular weight excluding hydrogens is 741 g/mol. The van der Waals surface area contributed by atoms with Crippen LogP contribution in [0.4, 0.5) is 5.69 Å². The third kappa shape index (κ3) is 13.7. The number of rotatable bonds is 19. The molecule has 0 saturated heterocycles. The molecular formula is C44H64N6O8. The Balaban J connectivity index is 2.27. The van der Waals surface area contributed by atoms with Crippen LogP contribution in [0.25, 0.3) is 4.85 Å². The summed E-state index contributed by atoms with van der Waals surface area (Å²) in [5.74, 6) is -3.29. The van der Waals surface area contributed by atoms with Crippen molar-refractivity contribution >= 4 is 47.0 Å². The van der Waals surface area contributed by atoms with Crippen molar-refractivity contribution in [2.24, 2.45) is 11.3 Å². The molecule has 1 aliphatic rings. The summed E-state index contributed by atoms with van der Waals surface area (Å²) in [6.07, 6.45) is 4.25. The number of ether oxygens (including phenoxy) is 1. The molecule has 0 saturated carbocycles. The maximum Gasteiger partial charge on any atom is 0.329 e. The summed E-state index contributed by atoms with van der Waals surface area (Å²) in [5, 5.41) is 8.84. The fraction of sp³-hybridized carbons (Fsp3) is 0.591. The Kier molecular flexibility index (Phi) is 17.3. The van der Waals surface area contributed by atoms with Crippen LogP contribution in [0.2, 0.25) is 0 Å². The minimum absolute atomic E-state index is 0.0374. The normalized spacial score (nSPS) is 15.7. The van der Waals surface area contributed by atoms with E-state index >= 15 is 0 Å². The van der Waals surface area contributed by atoms with Crippen molar-refractivity contribution in [3.63, 3.8) is 0 Å². The molecule has 14 heteroatoms. The molecule has 0 radical (unpaired) electrons. The monoisotopic (exact) mass is 804 g/mol. The van der Waals surface area contributed by atoms with Gasteiger partial charge in [0.25, 0.3) is 11.8 Å². The molecule has 0 bridgehead atoms. The van der Waals surface area contributed by atoms with Gasteiger partial charge in [-0.2, -0.15) is 0 Å². The predicted molar refractivity (Wildman–Crippen MR) is 222 cm³/mol. The summed E-state index contributed by atoms with van der Waals surface area (Å²) in [5.41, 5.74) is -0.881. The highest BCUT2D eigenvalue weighted by Crippen LogP contribution is 2.31. The lowest BCUT2D eigenvalue weighted by molar-refractivity contribution is -0.158. The van der Waals surface area contributed by atoms with Crippen molar-refractivity contribution in [3.05, 3.63) is 65.0 Å². The van der Waals surface area contributed by atoms with E-state index in [-0.39, 0.29) is 55.4 Å².